The van der Waals surface area contributed by atoms with Gasteiger partial charge in [0.25, 0.3) is 0 Å². The molecule has 1 aromatic carbocycles. The number of nitrogens with zero attached hydrogens (tertiary/aromatic N) is 1. The van der Waals surface area contributed by atoms with Crippen molar-refractivity contribution < 1.29 is 17.9 Å². The summed E-state index contributed by atoms with van der Waals surface area (Å²) in [5.41, 5.74) is 0.335. The highest BCUT2D eigenvalue weighted by atomic mass is 32.2. The number of hydrogen-bond donors (Lipinski definition) is 1. The summed E-state index contributed by atoms with van der Waals surface area (Å²) in [5, 5.41) is 3.29. The van der Waals surface area contributed by atoms with Crippen molar-refractivity contribution in [3.05, 3.63) is 24.3 Å². The summed E-state index contributed by atoms with van der Waals surface area (Å²) in [5.74, 6) is 3.35. The minimum atomic E-state index is -3.54. The molecule has 1 amide bonds. The fourth-order valence-electron chi connectivity index (χ4n) is 7.31. The van der Waals surface area contributed by atoms with E-state index in [1.165, 1.54) is 42.8 Å². The second-order valence-corrected chi connectivity index (χ2v) is 12.7. The zero-order valence-corrected chi connectivity index (χ0v) is 19.9. The van der Waals surface area contributed by atoms with Crippen LogP contribution in [0.1, 0.15) is 58.3 Å². The van der Waals surface area contributed by atoms with E-state index in [2.05, 4.69) is 5.32 Å². The summed E-state index contributed by atoms with van der Waals surface area (Å²) in [6.07, 6.45) is 9.28. The van der Waals surface area contributed by atoms with Crippen LogP contribution in [0.15, 0.2) is 29.2 Å². The van der Waals surface area contributed by atoms with Gasteiger partial charge in [-0.2, -0.15) is 4.31 Å². The van der Waals surface area contributed by atoms with Crippen LogP contribution in [-0.4, -0.2) is 44.9 Å². The van der Waals surface area contributed by atoms with Gasteiger partial charge >= 0.3 is 0 Å². The molecule has 1 heterocycles. The first kappa shape index (κ1) is 22.2. The second-order valence-electron chi connectivity index (χ2n) is 10.7. The van der Waals surface area contributed by atoms with E-state index in [0.29, 0.717) is 43.7 Å². The topological polar surface area (TPSA) is 75.7 Å². The van der Waals surface area contributed by atoms with Crippen LogP contribution in [0.25, 0.3) is 0 Å². The van der Waals surface area contributed by atoms with Crippen LogP contribution in [-0.2, 0) is 14.8 Å². The Morgan fingerprint density at radius 2 is 1.59 bits per heavy atom. The predicted octanol–water partition coefficient (Wildman–Crippen LogP) is 3.82. The minimum Gasteiger partial charge on any atom is -0.494 e. The van der Waals surface area contributed by atoms with Crippen LogP contribution >= 0.6 is 0 Å². The van der Waals surface area contributed by atoms with E-state index < -0.39 is 10.0 Å². The van der Waals surface area contributed by atoms with E-state index in [1.54, 1.807) is 24.3 Å². The fourth-order valence-corrected chi connectivity index (χ4v) is 8.78. The molecule has 1 N–H and O–H groups in total. The Labute approximate surface area is 192 Å². The number of carbonyl (C=O) groups excluding carboxylic acids is 1. The maximum Gasteiger partial charge on any atom is 0.243 e. The van der Waals surface area contributed by atoms with Gasteiger partial charge in [0.15, 0.2) is 0 Å². The number of nitrogens with one attached hydrogen (secondary N) is 1. The van der Waals surface area contributed by atoms with Crippen LogP contribution in [0, 0.1) is 29.1 Å². The SMILES string of the molecule is CCOc1ccc(S(=O)(=O)N2CCC(C(=O)NCC34CC5CC(CC(C5)C3)C4)CC2)cc1. The molecular weight excluding hydrogens is 424 g/mol. The average Bonchev–Trinajstić information content (AvgIpc) is 2.77. The predicted molar refractivity (Wildman–Crippen MR) is 123 cm³/mol. The summed E-state index contributed by atoms with van der Waals surface area (Å²) in [6.45, 7) is 4.05. The lowest BCUT2D eigenvalue weighted by Crippen LogP contribution is -2.52. The second kappa shape index (κ2) is 8.64. The van der Waals surface area contributed by atoms with Gasteiger partial charge in [-0.1, -0.05) is 0 Å². The van der Waals surface area contributed by atoms with Crippen molar-refractivity contribution in [1.82, 2.24) is 9.62 Å². The largest absolute Gasteiger partial charge is 0.494 e. The molecule has 4 aliphatic carbocycles. The summed E-state index contributed by atoms with van der Waals surface area (Å²) in [7, 11) is -3.54. The first-order chi connectivity index (χ1) is 15.4. The third kappa shape index (κ3) is 4.30. The van der Waals surface area contributed by atoms with E-state index in [1.807, 2.05) is 6.92 Å². The third-order valence-corrected chi connectivity index (χ3v) is 10.3. The van der Waals surface area contributed by atoms with Gasteiger partial charge in [-0.05, 0) is 106 Å². The molecule has 6 nitrogen and oxygen atoms in total. The van der Waals surface area contributed by atoms with Crippen molar-refractivity contribution in [1.29, 1.82) is 0 Å². The van der Waals surface area contributed by atoms with E-state index in [4.69, 9.17) is 4.74 Å². The maximum absolute atomic E-state index is 13.0. The van der Waals surface area contributed by atoms with Crippen molar-refractivity contribution in [3.63, 3.8) is 0 Å². The Balaban J connectivity index is 1.14. The molecule has 1 aliphatic heterocycles. The summed E-state index contributed by atoms with van der Waals surface area (Å²) >= 11 is 0. The number of rotatable bonds is 7. The summed E-state index contributed by atoms with van der Waals surface area (Å²) in [4.78, 5) is 13.2. The highest BCUT2D eigenvalue weighted by Gasteiger charge is 2.50. The smallest absolute Gasteiger partial charge is 0.243 e. The van der Waals surface area contributed by atoms with Gasteiger partial charge in [-0.3, -0.25) is 4.79 Å². The monoisotopic (exact) mass is 460 g/mol. The molecule has 0 atom stereocenters. The molecule has 7 heteroatoms. The van der Waals surface area contributed by atoms with E-state index in [9.17, 15) is 13.2 Å². The van der Waals surface area contributed by atoms with Gasteiger partial charge in [0, 0.05) is 25.6 Å². The van der Waals surface area contributed by atoms with Crippen LogP contribution in [0.4, 0.5) is 0 Å². The first-order valence-corrected chi connectivity index (χ1v) is 13.8. The Bertz CT molecular complexity index is 900. The van der Waals surface area contributed by atoms with Gasteiger partial charge in [-0.15, -0.1) is 0 Å². The van der Waals surface area contributed by atoms with Crippen molar-refractivity contribution in [3.8, 4) is 5.75 Å². The number of hydrogen-bond acceptors (Lipinski definition) is 4. The molecule has 4 bridgehead atoms. The average molecular weight is 461 g/mol. The number of sulfonamides is 1. The van der Waals surface area contributed by atoms with Gasteiger partial charge in [0.1, 0.15) is 5.75 Å². The molecule has 5 fully saturated rings. The zero-order chi connectivity index (χ0) is 22.3. The zero-order valence-electron chi connectivity index (χ0n) is 19.1. The molecule has 0 aromatic heterocycles. The van der Waals surface area contributed by atoms with E-state index in [-0.39, 0.29) is 16.7 Å². The lowest BCUT2D eigenvalue weighted by atomic mass is 9.49. The van der Waals surface area contributed by atoms with E-state index in [0.717, 1.165) is 24.3 Å². The Morgan fingerprint density at radius 1 is 1.03 bits per heavy atom. The van der Waals surface area contributed by atoms with E-state index >= 15 is 0 Å². The van der Waals surface area contributed by atoms with Crippen LogP contribution in [0.5, 0.6) is 5.75 Å². The summed E-state index contributed by atoms with van der Waals surface area (Å²) < 4.78 is 32.9. The molecule has 6 rings (SSSR count). The lowest BCUT2D eigenvalue weighted by molar-refractivity contribution is -0.128. The highest BCUT2D eigenvalue weighted by molar-refractivity contribution is 7.89. The molecule has 0 spiro atoms. The number of benzene rings is 1. The van der Waals surface area contributed by atoms with Gasteiger partial charge < -0.3 is 10.1 Å². The lowest BCUT2D eigenvalue weighted by Gasteiger charge is -2.57. The molecule has 5 aliphatic rings. The highest BCUT2D eigenvalue weighted by Crippen LogP contribution is 2.59. The number of piperidine rings is 1. The van der Waals surface area contributed by atoms with Crippen molar-refractivity contribution in [2.75, 3.05) is 26.2 Å². The third-order valence-electron chi connectivity index (χ3n) is 8.40. The molecule has 4 saturated carbocycles. The first-order valence-electron chi connectivity index (χ1n) is 12.4. The molecule has 176 valence electrons. The molecular formula is C25H36N2O4S. The Morgan fingerprint density at radius 3 is 2.12 bits per heavy atom. The standard InChI is InChI=1S/C25H36N2O4S/c1-2-31-22-3-5-23(6-4-22)32(29,30)27-9-7-21(8-10-27)24(28)26-17-25-14-18-11-19(15-25)13-20(12-18)16-25/h3-6,18-21H,2,7-17H2,1H3,(H,26,28). The minimum absolute atomic E-state index is 0.0873. The van der Waals surface area contributed by atoms with Gasteiger partial charge in [-0.25, -0.2) is 8.42 Å². The van der Waals surface area contributed by atoms with Crippen molar-refractivity contribution in [2.24, 2.45) is 29.1 Å². The Kier molecular flexibility index (Phi) is 5.99. The number of carbonyl (C=O) groups is 1. The molecule has 1 aromatic rings. The van der Waals surface area contributed by atoms with Crippen molar-refractivity contribution in [2.45, 2.75) is 63.2 Å². The van der Waals surface area contributed by atoms with Crippen LogP contribution in [0.3, 0.4) is 0 Å². The van der Waals surface area contributed by atoms with Crippen molar-refractivity contribution >= 4 is 15.9 Å². The molecule has 0 unspecified atom stereocenters. The summed E-state index contributed by atoms with van der Waals surface area (Å²) in [6, 6.07) is 6.59. The van der Waals surface area contributed by atoms with Crippen LogP contribution < -0.4 is 10.1 Å². The van der Waals surface area contributed by atoms with Gasteiger partial charge in [0.2, 0.25) is 15.9 Å². The quantitative estimate of drug-likeness (QED) is 0.671. The molecule has 0 radical (unpaired) electrons. The Hall–Kier alpha value is -1.60. The van der Waals surface area contributed by atoms with Gasteiger partial charge in [0.05, 0.1) is 11.5 Å². The normalized spacial score (nSPS) is 32.7. The van der Waals surface area contributed by atoms with Crippen LogP contribution in [0.2, 0.25) is 0 Å². The molecule has 1 saturated heterocycles. The maximum atomic E-state index is 13.0. The fraction of sp³-hybridized carbons (Fsp3) is 0.720. The molecule has 32 heavy (non-hydrogen) atoms. The number of ether oxygens (including phenoxy) is 1. The number of amides is 1.